The number of nitrogens with zero attached hydrogens (tertiary/aromatic N) is 3. The lowest BCUT2D eigenvalue weighted by Crippen LogP contribution is -2.33. The summed E-state index contributed by atoms with van der Waals surface area (Å²) in [6, 6.07) is 23.4. The lowest BCUT2D eigenvalue weighted by atomic mass is 9.99. The number of aliphatic imine (C=N–C) groups is 1. The highest BCUT2D eigenvalue weighted by molar-refractivity contribution is 7.15. The van der Waals surface area contributed by atoms with Crippen LogP contribution in [0.1, 0.15) is 23.4 Å². The van der Waals surface area contributed by atoms with Crippen LogP contribution in [-0.2, 0) is 4.79 Å². The van der Waals surface area contributed by atoms with E-state index in [2.05, 4.69) is 50.1 Å². The minimum Gasteiger partial charge on any atom is -0.343 e. The first-order valence-electron chi connectivity index (χ1n) is 11.5. The second kappa shape index (κ2) is 9.24. The number of carbonyl (C=O) groups is 1. The maximum absolute atomic E-state index is 13.6. The van der Waals surface area contributed by atoms with E-state index < -0.39 is 6.04 Å². The van der Waals surface area contributed by atoms with Crippen LogP contribution in [0, 0.1) is 0 Å². The fourth-order valence-electron chi connectivity index (χ4n) is 4.31. The summed E-state index contributed by atoms with van der Waals surface area (Å²) in [5.41, 5.74) is 5.02. The van der Waals surface area contributed by atoms with Crippen LogP contribution < -0.4 is 10.6 Å². The van der Waals surface area contributed by atoms with Gasteiger partial charge in [0.2, 0.25) is 0 Å². The van der Waals surface area contributed by atoms with Crippen molar-refractivity contribution in [1.29, 1.82) is 0 Å². The second-order valence-electron chi connectivity index (χ2n) is 8.47. The number of allylic oxidation sites excluding steroid dienone is 1. The fourth-order valence-corrected chi connectivity index (χ4v) is 5.37. The molecule has 0 saturated heterocycles. The van der Waals surface area contributed by atoms with E-state index in [9.17, 15) is 4.79 Å². The molecule has 0 bridgehead atoms. The predicted molar refractivity (Wildman–Crippen MR) is 144 cm³/mol. The number of benzene rings is 2. The van der Waals surface area contributed by atoms with Gasteiger partial charge in [0.15, 0.2) is 0 Å². The maximum atomic E-state index is 13.6. The third-order valence-corrected chi connectivity index (χ3v) is 7.28. The molecule has 8 heteroatoms. The molecule has 0 aliphatic carbocycles. The smallest absolute Gasteiger partial charge is 0.255 e. The van der Waals surface area contributed by atoms with Gasteiger partial charge in [-0.3, -0.25) is 19.9 Å². The molecule has 1 atom stereocenters. The van der Waals surface area contributed by atoms with E-state index in [0.717, 1.165) is 37.5 Å². The Bertz CT molecular complexity index is 1620. The molecule has 3 aromatic heterocycles. The number of thiophene rings is 1. The molecule has 36 heavy (non-hydrogen) atoms. The predicted octanol–water partition coefficient (Wildman–Crippen LogP) is 5.69. The van der Waals surface area contributed by atoms with Crippen molar-refractivity contribution in [3.05, 3.63) is 113 Å². The Balaban J connectivity index is 1.38. The summed E-state index contributed by atoms with van der Waals surface area (Å²) in [5.74, 6) is 0.519. The van der Waals surface area contributed by atoms with E-state index in [-0.39, 0.29) is 5.91 Å². The molecule has 1 unspecified atom stereocenters. The topological polar surface area (TPSA) is 95.1 Å². The fraction of sp³-hybridized carbons (Fsp3) is 0.0714. The van der Waals surface area contributed by atoms with Gasteiger partial charge < -0.3 is 10.6 Å². The van der Waals surface area contributed by atoms with Gasteiger partial charge in [-0.1, -0.05) is 30.3 Å². The van der Waals surface area contributed by atoms with Crippen LogP contribution in [-0.4, -0.2) is 26.9 Å². The normalized spacial score (nSPS) is 15.5. The first-order valence-corrected chi connectivity index (χ1v) is 12.3. The number of hydrogen-bond acceptors (Lipinski definition) is 6. The van der Waals surface area contributed by atoms with Crippen molar-refractivity contribution < 1.29 is 4.79 Å². The molecule has 0 radical (unpaired) electrons. The molecule has 1 amide bonds. The maximum Gasteiger partial charge on any atom is 0.255 e. The van der Waals surface area contributed by atoms with Crippen LogP contribution in [0.25, 0.3) is 21.3 Å². The average molecular weight is 491 g/mol. The number of amides is 1. The Labute approximate surface area is 211 Å². The number of hydrogen-bond donors (Lipinski definition) is 3. The summed E-state index contributed by atoms with van der Waals surface area (Å²) >= 11 is 1.65. The van der Waals surface area contributed by atoms with Crippen LogP contribution in [0.5, 0.6) is 0 Å². The molecule has 0 fully saturated rings. The van der Waals surface area contributed by atoms with Crippen molar-refractivity contribution in [2.75, 3.05) is 5.32 Å². The van der Waals surface area contributed by atoms with Gasteiger partial charge in [0.1, 0.15) is 11.9 Å². The summed E-state index contributed by atoms with van der Waals surface area (Å²) in [4.78, 5) is 24.9. The third-order valence-electron chi connectivity index (χ3n) is 6.09. The zero-order valence-corrected chi connectivity index (χ0v) is 20.2. The summed E-state index contributed by atoms with van der Waals surface area (Å²) in [5, 5.41) is 14.3. The average Bonchev–Trinajstić information content (AvgIpc) is 3.59. The first-order chi connectivity index (χ1) is 17.7. The molecule has 176 valence electrons. The van der Waals surface area contributed by atoms with Crippen molar-refractivity contribution in [1.82, 2.24) is 20.5 Å². The minimum absolute atomic E-state index is 0.194. The van der Waals surface area contributed by atoms with E-state index in [1.807, 2.05) is 55.5 Å². The van der Waals surface area contributed by atoms with Crippen LogP contribution in [0.15, 0.2) is 108 Å². The highest BCUT2D eigenvalue weighted by atomic mass is 32.1. The lowest BCUT2D eigenvalue weighted by Gasteiger charge is -2.26. The van der Waals surface area contributed by atoms with E-state index >= 15 is 0 Å². The number of fused-ring (bicyclic) bond motifs is 1. The molecular weight excluding hydrogens is 468 g/mol. The molecule has 5 aromatic rings. The largest absolute Gasteiger partial charge is 0.343 e. The number of aromatic nitrogens is 3. The molecule has 1 aliphatic rings. The molecule has 0 spiro atoms. The van der Waals surface area contributed by atoms with Crippen LogP contribution in [0.4, 0.5) is 5.69 Å². The van der Waals surface area contributed by atoms with Gasteiger partial charge in [-0.05, 0) is 55.0 Å². The van der Waals surface area contributed by atoms with Crippen molar-refractivity contribution >= 4 is 39.7 Å². The Hall–Kier alpha value is -4.56. The molecule has 3 N–H and O–H groups in total. The Morgan fingerprint density at radius 2 is 1.81 bits per heavy atom. The number of carbonyl (C=O) groups excluding carboxylic acids is 1. The zero-order valence-electron chi connectivity index (χ0n) is 19.4. The van der Waals surface area contributed by atoms with Crippen LogP contribution in [0.2, 0.25) is 0 Å². The van der Waals surface area contributed by atoms with Gasteiger partial charge >= 0.3 is 0 Å². The monoisotopic (exact) mass is 490 g/mol. The number of pyridine rings is 1. The van der Waals surface area contributed by atoms with Crippen LogP contribution in [0.3, 0.4) is 0 Å². The van der Waals surface area contributed by atoms with Gasteiger partial charge in [0.05, 0.1) is 17.3 Å². The molecule has 4 heterocycles. The Morgan fingerprint density at radius 1 is 0.972 bits per heavy atom. The van der Waals surface area contributed by atoms with Crippen molar-refractivity contribution in [2.24, 2.45) is 4.99 Å². The van der Waals surface area contributed by atoms with E-state index in [1.165, 1.54) is 0 Å². The van der Waals surface area contributed by atoms with Gasteiger partial charge in [-0.2, -0.15) is 5.10 Å². The molecule has 1 aliphatic heterocycles. The molecule has 0 saturated carbocycles. The van der Waals surface area contributed by atoms with Gasteiger partial charge in [-0.15, -0.1) is 11.3 Å². The van der Waals surface area contributed by atoms with Crippen molar-refractivity contribution in [2.45, 2.75) is 13.0 Å². The van der Waals surface area contributed by atoms with Crippen LogP contribution >= 0.6 is 11.3 Å². The minimum atomic E-state index is -0.450. The standard InChI is InChI=1S/C28H22N6OS/c1-17-25(28(35)32-21-7-8-22-20(15-21)16-30-34-22)26(33-27(31-17)19-11-13-29-14-12-19)24-10-9-23(36-24)18-5-3-2-4-6-18/h2-16,26H,1H3,(H,30,34)(H,31,33)(H,32,35). The summed E-state index contributed by atoms with van der Waals surface area (Å²) in [6.45, 7) is 1.92. The zero-order chi connectivity index (χ0) is 24.5. The second-order valence-corrected chi connectivity index (χ2v) is 9.59. The Morgan fingerprint density at radius 3 is 2.64 bits per heavy atom. The molecule has 6 rings (SSSR count). The number of rotatable bonds is 5. The van der Waals surface area contributed by atoms with E-state index in [0.29, 0.717) is 17.1 Å². The number of amidine groups is 1. The molecular formula is C28H22N6OS. The van der Waals surface area contributed by atoms with E-state index in [4.69, 9.17) is 4.99 Å². The highest BCUT2D eigenvalue weighted by Gasteiger charge is 2.31. The number of aromatic amines is 1. The van der Waals surface area contributed by atoms with Gasteiger partial charge in [-0.25, -0.2) is 0 Å². The SMILES string of the molecule is CC1=C(C(=O)Nc2ccc3[nH]ncc3c2)C(c2ccc(-c3ccccc3)s2)N=C(c2ccncc2)N1. The van der Waals surface area contributed by atoms with Crippen molar-refractivity contribution in [3.63, 3.8) is 0 Å². The summed E-state index contributed by atoms with van der Waals surface area (Å²) < 4.78 is 0. The quantitative estimate of drug-likeness (QED) is 0.295. The third kappa shape index (κ3) is 4.18. The number of nitrogens with one attached hydrogen (secondary N) is 3. The molecule has 2 aromatic carbocycles. The number of anilines is 1. The van der Waals surface area contributed by atoms with Gasteiger partial charge in [0, 0.05) is 44.5 Å². The number of H-pyrrole nitrogens is 1. The first kappa shape index (κ1) is 21.9. The summed E-state index contributed by atoms with van der Waals surface area (Å²) in [7, 11) is 0. The van der Waals surface area contributed by atoms with E-state index in [1.54, 1.807) is 29.9 Å². The van der Waals surface area contributed by atoms with Gasteiger partial charge in [0.25, 0.3) is 5.91 Å². The summed E-state index contributed by atoms with van der Waals surface area (Å²) in [6.07, 6.45) is 5.21. The highest BCUT2D eigenvalue weighted by Crippen LogP contribution is 2.39. The lowest BCUT2D eigenvalue weighted by molar-refractivity contribution is -0.113. The molecule has 7 nitrogen and oxygen atoms in total. The Kier molecular flexibility index (Phi) is 5.63. The van der Waals surface area contributed by atoms with Crippen molar-refractivity contribution in [3.8, 4) is 10.4 Å².